The van der Waals surface area contributed by atoms with Crippen molar-refractivity contribution in [2.24, 2.45) is 0 Å². The van der Waals surface area contributed by atoms with Crippen LogP contribution in [0.2, 0.25) is 0 Å². The minimum Gasteiger partial charge on any atom is -0.342 e. The molecule has 4 nitrogen and oxygen atoms in total. The van der Waals surface area contributed by atoms with Gasteiger partial charge in [-0.3, -0.25) is 4.98 Å². The summed E-state index contributed by atoms with van der Waals surface area (Å²) in [4.78, 5) is 9.26. The van der Waals surface area contributed by atoms with Crippen LogP contribution in [0, 0.1) is 32.7 Å². The van der Waals surface area contributed by atoms with Crippen molar-refractivity contribution >= 4 is 98.0 Å². The summed E-state index contributed by atoms with van der Waals surface area (Å²) in [5.74, 6) is 0. The zero-order valence-electron chi connectivity index (χ0n) is 39.6. The summed E-state index contributed by atoms with van der Waals surface area (Å²) in [6.07, 6.45) is 1.02. The number of imidazole rings is 1. The predicted molar refractivity (Wildman–Crippen MR) is 239 cm³/mol. The molecule has 1 radical (unpaired) electrons. The van der Waals surface area contributed by atoms with Gasteiger partial charge in [-0.15, -0.1) is 41.5 Å². The number of para-hydroxylation sites is 3. The SMILES string of the molecule is [2H]C([2H])([2H])c1c[c-]c(-c2cc(C([2H])([2H])[2H])c(C([2H])([2H])[2H])cn2)cc1.[Ir].[c-]1c2c(c3ccccc3n3c4ccccc4nc23)c2c3cccc4cccc(c43)n3c4cccc5cccc(c1c23)c54. The maximum absolute atomic E-state index is 7.54. The van der Waals surface area contributed by atoms with Gasteiger partial charge >= 0.3 is 0 Å². The minimum absolute atomic E-state index is 0. The quantitative estimate of drug-likeness (QED) is 0.0934. The van der Waals surface area contributed by atoms with Gasteiger partial charge in [-0.05, 0) is 87.7 Å². The first kappa shape index (κ1) is 26.3. The van der Waals surface area contributed by atoms with Gasteiger partial charge in [0, 0.05) is 60.6 Å². The van der Waals surface area contributed by atoms with Gasteiger partial charge in [-0.1, -0.05) is 136 Å². The van der Waals surface area contributed by atoms with E-state index in [-0.39, 0.29) is 42.5 Å². The number of pyridine rings is 4. The molecule has 0 amide bonds. The molecule has 13 aromatic rings. The van der Waals surface area contributed by atoms with Gasteiger partial charge < -0.3 is 13.8 Å². The van der Waals surface area contributed by atoms with Crippen LogP contribution in [-0.2, 0) is 20.1 Å². The van der Waals surface area contributed by atoms with Crippen LogP contribution in [0.1, 0.15) is 29.0 Å². The Balaban J connectivity index is 0.000000171. The Morgan fingerprint density at radius 1 is 0.552 bits per heavy atom. The van der Waals surface area contributed by atoms with Gasteiger partial charge in [0.25, 0.3) is 0 Å². The van der Waals surface area contributed by atoms with Gasteiger partial charge in [0.1, 0.15) is 0 Å². The number of aryl methyl sites for hydroxylation is 3. The molecular weight excluding hydrogens is 885 g/mol. The van der Waals surface area contributed by atoms with Crippen molar-refractivity contribution in [1.29, 1.82) is 0 Å². The summed E-state index contributed by atoms with van der Waals surface area (Å²) in [5, 5.41) is 13.4. The number of aromatic nitrogens is 4. The molecule has 0 N–H and O–H groups in total. The standard InChI is InChI=1S/C39H20N3.C14H14N.Ir/c1-3-17-30-25(13-1)36-28(39-40-29-16-2-4-18-31(29)42(30)39)21-27-24-14-5-9-22-11-7-19-32(34(22)24)41-33-20-8-12-23-10-6-15-26(35(23)33)37(36)38(27)41;1-10-4-6-13(7-5-10)14-8-11(2)12(3)9-15-14;/h1-20H;4-6,8-9H,1-3H3;/q2*-1;/i;1D3,2D3,3D3;. The summed E-state index contributed by atoms with van der Waals surface area (Å²) in [6, 6.07) is 56.1. The van der Waals surface area contributed by atoms with Crippen LogP contribution in [0.15, 0.2) is 152 Å². The van der Waals surface area contributed by atoms with E-state index in [1.807, 2.05) is 0 Å². The Bertz CT molecular complexity index is 4100. The van der Waals surface area contributed by atoms with Crippen LogP contribution in [0.3, 0.4) is 0 Å². The molecule has 5 heteroatoms. The molecule has 0 unspecified atom stereocenters. The Morgan fingerprint density at radius 3 is 1.97 bits per heavy atom. The smallest absolute Gasteiger partial charge is 0.0798 e. The van der Waals surface area contributed by atoms with E-state index >= 15 is 0 Å². The maximum Gasteiger partial charge on any atom is 0.0798 e. The molecule has 0 aliphatic rings. The van der Waals surface area contributed by atoms with Crippen molar-refractivity contribution < 1.29 is 32.4 Å². The van der Waals surface area contributed by atoms with E-state index in [9.17, 15) is 0 Å². The third kappa shape index (κ3) is 4.84. The third-order valence-corrected chi connectivity index (χ3v) is 11.4. The number of hydrogen-bond donors (Lipinski definition) is 0. The summed E-state index contributed by atoms with van der Waals surface area (Å²) in [6.45, 7) is -7.47. The molecule has 0 bridgehead atoms. The van der Waals surface area contributed by atoms with Crippen LogP contribution in [0.4, 0.5) is 0 Å². The van der Waals surface area contributed by atoms with Gasteiger partial charge in [-0.25, -0.2) is 0 Å². The normalized spacial score (nSPS) is 14.9. The molecule has 0 saturated heterocycles. The summed E-state index contributed by atoms with van der Waals surface area (Å²) in [7, 11) is 0. The molecule has 5 aromatic heterocycles. The molecule has 0 aliphatic carbocycles. The number of nitrogens with zero attached hydrogens (tertiary/aromatic N) is 4. The van der Waals surface area contributed by atoms with E-state index in [2.05, 4.69) is 147 Å². The fourth-order valence-corrected chi connectivity index (χ4v) is 9.04. The molecule has 13 rings (SSSR count). The Kier molecular flexibility index (Phi) is 5.87. The molecule has 58 heavy (non-hydrogen) atoms. The first-order valence-corrected chi connectivity index (χ1v) is 18.8. The van der Waals surface area contributed by atoms with Crippen LogP contribution < -0.4 is 0 Å². The van der Waals surface area contributed by atoms with Crippen LogP contribution in [0.25, 0.3) is 109 Å². The molecule has 8 aromatic carbocycles. The molecular formula is C53H34IrN4-2. The van der Waals surface area contributed by atoms with Gasteiger partial charge in [0.05, 0.1) is 16.7 Å². The van der Waals surface area contributed by atoms with Gasteiger partial charge in [0.2, 0.25) is 0 Å². The fraction of sp³-hybridized carbons (Fsp3) is 0.0566. The first-order chi connectivity index (χ1) is 31.7. The number of fused-ring (bicyclic) bond motifs is 13. The Hall–Kier alpha value is -6.65. The molecule has 0 spiro atoms. The van der Waals surface area contributed by atoms with Crippen LogP contribution >= 0.6 is 0 Å². The van der Waals surface area contributed by atoms with Crippen molar-refractivity contribution in [3.8, 4) is 11.3 Å². The largest absolute Gasteiger partial charge is 0.342 e. The summed E-state index contributed by atoms with van der Waals surface area (Å²) >= 11 is 0. The zero-order valence-corrected chi connectivity index (χ0v) is 33.0. The molecule has 277 valence electrons. The zero-order chi connectivity index (χ0) is 45.4. The molecule has 0 atom stereocenters. The number of hydrogen-bond acceptors (Lipinski definition) is 2. The maximum atomic E-state index is 7.54. The number of rotatable bonds is 1. The molecule has 0 fully saturated rings. The topological polar surface area (TPSA) is 34.6 Å². The van der Waals surface area contributed by atoms with E-state index in [4.69, 9.17) is 17.3 Å². The van der Waals surface area contributed by atoms with E-state index in [0.29, 0.717) is 5.56 Å². The summed E-state index contributed by atoms with van der Waals surface area (Å²) in [5.41, 5.74) is 7.95. The van der Waals surface area contributed by atoms with E-state index in [1.54, 1.807) is 0 Å². The second kappa shape index (κ2) is 12.9. The van der Waals surface area contributed by atoms with Gasteiger partial charge in [0.15, 0.2) is 0 Å². The molecule has 0 saturated carbocycles. The first-order valence-electron chi connectivity index (χ1n) is 23.3. The van der Waals surface area contributed by atoms with Crippen LogP contribution in [0.5, 0.6) is 0 Å². The van der Waals surface area contributed by atoms with Gasteiger partial charge in [-0.2, -0.15) is 0 Å². The molecule has 5 heterocycles. The van der Waals surface area contributed by atoms with Crippen molar-refractivity contribution in [3.63, 3.8) is 0 Å². The van der Waals surface area contributed by atoms with Crippen molar-refractivity contribution in [1.82, 2.24) is 18.8 Å². The average molecular weight is 928 g/mol. The number of benzene rings is 8. The van der Waals surface area contributed by atoms with Crippen molar-refractivity contribution in [2.75, 3.05) is 0 Å². The van der Waals surface area contributed by atoms with Crippen LogP contribution in [-0.4, -0.2) is 18.8 Å². The van der Waals surface area contributed by atoms with E-state index in [1.165, 1.54) is 89.3 Å². The summed E-state index contributed by atoms with van der Waals surface area (Å²) < 4.78 is 71.7. The Labute approximate surface area is 360 Å². The second-order valence-electron chi connectivity index (χ2n) is 14.6. The second-order valence-corrected chi connectivity index (χ2v) is 14.6. The van der Waals surface area contributed by atoms with Crippen molar-refractivity contribution in [2.45, 2.75) is 20.6 Å². The monoisotopic (exact) mass is 928 g/mol. The van der Waals surface area contributed by atoms with E-state index < -0.39 is 20.6 Å². The predicted octanol–water partition coefficient (Wildman–Crippen LogP) is 13.5. The Morgan fingerprint density at radius 2 is 1.22 bits per heavy atom. The minimum atomic E-state index is -2.61. The average Bonchev–Trinajstić information content (AvgIpc) is 3.71. The fourth-order valence-electron chi connectivity index (χ4n) is 9.04. The molecule has 0 aliphatic heterocycles. The van der Waals surface area contributed by atoms with Crippen molar-refractivity contribution in [3.05, 3.63) is 181 Å². The van der Waals surface area contributed by atoms with E-state index in [0.717, 1.165) is 39.2 Å². The third-order valence-electron chi connectivity index (χ3n) is 11.4.